The summed E-state index contributed by atoms with van der Waals surface area (Å²) in [6.07, 6.45) is 2.43. The fourth-order valence-corrected chi connectivity index (χ4v) is 3.87. The molecule has 2 aromatic carbocycles. The van der Waals surface area contributed by atoms with Gasteiger partial charge < -0.3 is 10.6 Å². The molecular weight excluding hydrogens is 340 g/mol. The number of nitrogens with two attached hydrogens (primary N) is 1. The summed E-state index contributed by atoms with van der Waals surface area (Å²) in [7, 11) is 0. The Labute approximate surface area is 157 Å². The summed E-state index contributed by atoms with van der Waals surface area (Å²) < 4.78 is 2.07. The zero-order valence-electron chi connectivity index (χ0n) is 15.3. The highest BCUT2D eigenvalue weighted by atomic mass is 16.2. The Morgan fingerprint density at radius 1 is 1.11 bits per heavy atom. The van der Waals surface area contributed by atoms with E-state index in [4.69, 9.17) is 5.73 Å². The molecular formula is C21H22N4O2. The minimum atomic E-state index is -0.523. The monoisotopic (exact) mass is 362 g/mol. The van der Waals surface area contributed by atoms with Crippen LogP contribution in [-0.4, -0.2) is 38.9 Å². The Hall–Kier alpha value is -3.15. The summed E-state index contributed by atoms with van der Waals surface area (Å²) in [5.41, 5.74) is 8.77. The van der Waals surface area contributed by atoms with Gasteiger partial charge in [0.15, 0.2) is 0 Å². The number of likely N-dealkylation sites (tertiary alicyclic amines) is 1. The Kier molecular flexibility index (Phi) is 4.39. The summed E-state index contributed by atoms with van der Waals surface area (Å²) in [4.78, 5) is 31.0. The van der Waals surface area contributed by atoms with Gasteiger partial charge in [0.25, 0.3) is 5.91 Å². The molecule has 6 heteroatoms. The Bertz CT molecular complexity index is 1010. The van der Waals surface area contributed by atoms with Crippen LogP contribution in [0.3, 0.4) is 0 Å². The highest BCUT2D eigenvalue weighted by molar-refractivity contribution is 6.00. The maximum Gasteiger partial charge on any atom is 0.254 e. The third-order valence-corrected chi connectivity index (χ3v) is 5.18. The predicted octanol–water partition coefficient (Wildman–Crippen LogP) is 2.81. The van der Waals surface area contributed by atoms with Crippen LogP contribution in [0.15, 0.2) is 48.5 Å². The van der Waals surface area contributed by atoms with Crippen molar-refractivity contribution in [1.82, 2.24) is 14.5 Å². The van der Waals surface area contributed by atoms with Gasteiger partial charge in [0.1, 0.15) is 11.9 Å². The first-order valence-electron chi connectivity index (χ1n) is 9.21. The van der Waals surface area contributed by atoms with E-state index in [1.54, 1.807) is 17.0 Å². The van der Waals surface area contributed by atoms with Gasteiger partial charge in [-0.2, -0.15) is 0 Å². The van der Waals surface area contributed by atoms with Crippen molar-refractivity contribution >= 4 is 22.8 Å². The number of rotatable bonds is 3. The van der Waals surface area contributed by atoms with Crippen molar-refractivity contribution in [2.75, 3.05) is 6.54 Å². The van der Waals surface area contributed by atoms with Crippen molar-refractivity contribution in [3.05, 3.63) is 59.9 Å². The van der Waals surface area contributed by atoms with Gasteiger partial charge in [-0.25, -0.2) is 4.98 Å². The maximum atomic E-state index is 13.0. The van der Waals surface area contributed by atoms with Crippen molar-refractivity contribution in [1.29, 1.82) is 0 Å². The lowest BCUT2D eigenvalue weighted by molar-refractivity contribution is -0.123. The molecule has 2 N–H and O–H groups in total. The van der Waals surface area contributed by atoms with E-state index < -0.39 is 11.9 Å². The van der Waals surface area contributed by atoms with Crippen molar-refractivity contribution in [3.8, 4) is 5.69 Å². The van der Waals surface area contributed by atoms with E-state index in [2.05, 4.69) is 9.55 Å². The van der Waals surface area contributed by atoms with E-state index in [1.807, 2.05) is 43.3 Å². The van der Waals surface area contributed by atoms with Crippen LogP contribution in [-0.2, 0) is 4.79 Å². The largest absolute Gasteiger partial charge is 0.368 e. The number of primary amides is 1. The SMILES string of the molecule is Cc1nc2cc(C(=O)N3CCCCC3C(N)=O)ccc2n1-c1ccccc1. The number of hydrogen-bond acceptors (Lipinski definition) is 3. The molecule has 4 rings (SSSR count). The zero-order chi connectivity index (χ0) is 19.0. The van der Waals surface area contributed by atoms with E-state index in [9.17, 15) is 9.59 Å². The van der Waals surface area contributed by atoms with Crippen LogP contribution in [0.5, 0.6) is 0 Å². The van der Waals surface area contributed by atoms with Gasteiger partial charge in [-0.05, 0) is 56.5 Å². The van der Waals surface area contributed by atoms with E-state index in [0.29, 0.717) is 18.5 Å². The molecule has 0 bridgehead atoms. The van der Waals surface area contributed by atoms with Crippen LogP contribution in [0.4, 0.5) is 0 Å². The van der Waals surface area contributed by atoms with E-state index >= 15 is 0 Å². The average molecular weight is 362 g/mol. The summed E-state index contributed by atoms with van der Waals surface area (Å²) in [5, 5.41) is 0. The molecule has 1 saturated heterocycles. The molecule has 2 amide bonds. The molecule has 1 aliphatic heterocycles. The molecule has 1 aliphatic rings. The van der Waals surface area contributed by atoms with Gasteiger partial charge in [-0.15, -0.1) is 0 Å². The van der Waals surface area contributed by atoms with Gasteiger partial charge in [0, 0.05) is 17.8 Å². The third kappa shape index (κ3) is 3.07. The molecule has 138 valence electrons. The number of hydrogen-bond donors (Lipinski definition) is 1. The van der Waals surface area contributed by atoms with E-state index in [0.717, 1.165) is 35.4 Å². The molecule has 0 saturated carbocycles. The number of nitrogens with zero attached hydrogens (tertiary/aromatic N) is 3. The first kappa shape index (κ1) is 17.3. The van der Waals surface area contributed by atoms with Crippen LogP contribution in [0.25, 0.3) is 16.7 Å². The lowest BCUT2D eigenvalue weighted by atomic mass is 10.00. The summed E-state index contributed by atoms with van der Waals surface area (Å²) in [5.74, 6) is 0.259. The number of carbonyl (C=O) groups is 2. The normalized spacial score (nSPS) is 17.2. The van der Waals surface area contributed by atoms with Crippen LogP contribution in [0.1, 0.15) is 35.4 Å². The minimum absolute atomic E-state index is 0.160. The summed E-state index contributed by atoms with van der Waals surface area (Å²) >= 11 is 0. The number of piperidine rings is 1. The molecule has 0 spiro atoms. The number of imidazole rings is 1. The molecule has 3 aromatic rings. The van der Waals surface area contributed by atoms with E-state index in [1.165, 1.54) is 0 Å². The second-order valence-corrected chi connectivity index (χ2v) is 6.95. The average Bonchev–Trinajstić information content (AvgIpc) is 3.02. The van der Waals surface area contributed by atoms with Crippen LogP contribution < -0.4 is 5.73 Å². The van der Waals surface area contributed by atoms with Crippen molar-refractivity contribution < 1.29 is 9.59 Å². The highest BCUT2D eigenvalue weighted by Crippen LogP contribution is 2.25. The maximum absolute atomic E-state index is 13.0. The molecule has 1 unspecified atom stereocenters. The van der Waals surface area contributed by atoms with Gasteiger partial charge in [-0.3, -0.25) is 14.2 Å². The Morgan fingerprint density at radius 2 is 1.89 bits per heavy atom. The number of fused-ring (bicyclic) bond motifs is 1. The zero-order valence-corrected chi connectivity index (χ0v) is 15.3. The number of benzene rings is 2. The molecule has 1 aromatic heterocycles. The Morgan fingerprint density at radius 3 is 2.63 bits per heavy atom. The molecule has 6 nitrogen and oxygen atoms in total. The second kappa shape index (κ2) is 6.87. The molecule has 27 heavy (non-hydrogen) atoms. The number of para-hydroxylation sites is 1. The topological polar surface area (TPSA) is 81.2 Å². The smallest absolute Gasteiger partial charge is 0.254 e. The second-order valence-electron chi connectivity index (χ2n) is 6.95. The molecule has 0 aliphatic carbocycles. The van der Waals surface area contributed by atoms with E-state index in [-0.39, 0.29) is 5.91 Å². The van der Waals surface area contributed by atoms with Crippen LogP contribution >= 0.6 is 0 Å². The van der Waals surface area contributed by atoms with Crippen LogP contribution in [0, 0.1) is 6.92 Å². The predicted molar refractivity (Wildman–Crippen MR) is 104 cm³/mol. The number of amides is 2. The van der Waals surface area contributed by atoms with Gasteiger partial charge >= 0.3 is 0 Å². The standard InChI is InChI=1S/C21H22N4O2/c1-14-23-17-13-15(21(27)24-12-6-5-9-19(24)20(22)26)10-11-18(17)25(14)16-7-3-2-4-8-16/h2-4,7-8,10-11,13,19H,5-6,9,12H2,1H3,(H2,22,26). The van der Waals surface area contributed by atoms with Crippen LogP contribution in [0.2, 0.25) is 0 Å². The lowest BCUT2D eigenvalue weighted by Crippen LogP contribution is -2.50. The van der Waals surface area contributed by atoms with Crippen molar-refractivity contribution in [3.63, 3.8) is 0 Å². The Balaban J connectivity index is 1.72. The summed E-state index contributed by atoms with van der Waals surface area (Å²) in [6.45, 7) is 2.50. The first-order valence-corrected chi connectivity index (χ1v) is 9.21. The highest BCUT2D eigenvalue weighted by Gasteiger charge is 2.31. The molecule has 0 radical (unpaired) electrons. The number of aryl methyl sites for hydroxylation is 1. The minimum Gasteiger partial charge on any atom is -0.368 e. The van der Waals surface area contributed by atoms with Gasteiger partial charge in [0.2, 0.25) is 5.91 Å². The van der Waals surface area contributed by atoms with Crippen molar-refractivity contribution in [2.24, 2.45) is 5.73 Å². The first-order chi connectivity index (χ1) is 13.1. The fraction of sp³-hybridized carbons (Fsp3) is 0.286. The lowest BCUT2D eigenvalue weighted by Gasteiger charge is -2.33. The number of aromatic nitrogens is 2. The quantitative estimate of drug-likeness (QED) is 0.778. The molecule has 2 heterocycles. The van der Waals surface area contributed by atoms with Crippen molar-refractivity contribution in [2.45, 2.75) is 32.2 Å². The molecule has 1 atom stereocenters. The fourth-order valence-electron chi connectivity index (χ4n) is 3.87. The van der Waals surface area contributed by atoms with Gasteiger partial charge in [0.05, 0.1) is 11.0 Å². The summed E-state index contributed by atoms with van der Waals surface area (Å²) in [6, 6.07) is 15.0. The number of carbonyl (C=O) groups excluding carboxylic acids is 2. The third-order valence-electron chi connectivity index (χ3n) is 5.18. The van der Waals surface area contributed by atoms with Gasteiger partial charge in [-0.1, -0.05) is 18.2 Å². The molecule has 1 fully saturated rings.